The monoisotopic (exact) mass is 186 g/mol. The SMILES string of the molecule is CC.Cc1cnc(Cl)c(N=O)c1. The van der Waals surface area contributed by atoms with E-state index >= 15 is 0 Å². The smallest absolute Gasteiger partial charge is 0.158 e. The van der Waals surface area contributed by atoms with Gasteiger partial charge in [-0.05, 0) is 23.7 Å². The fourth-order valence-electron chi connectivity index (χ4n) is 0.601. The van der Waals surface area contributed by atoms with Crippen LogP contribution in [-0.2, 0) is 0 Å². The molecule has 0 unspecified atom stereocenters. The third-order valence-corrected chi connectivity index (χ3v) is 1.35. The summed E-state index contributed by atoms with van der Waals surface area (Å²) in [6, 6.07) is 1.59. The van der Waals surface area contributed by atoms with Crippen molar-refractivity contribution < 1.29 is 0 Å². The summed E-state index contributed by atoms with van der Waals surface area (Å²) in [5.41, 5.74) is 1.07. The van der Waals surface area contributed by atoms with Crippen LogP contribution in [0.15, 0.2) is 17.4 Å². The van der Waals surface area contributed by atoms with Crippen molar-refractivity contribution in [1.82, 2.24) is 4.98 Å². The topological polar surface area (TPSA) is 42.3 Å². The highest BCUT2D eigenvalue weighted by molar-refractivity contribution is 6.31. The molecule has 1 aromatic rings. The fourth-order valence-corrected chi connectivity index (χ4v) is 0.739. The zero-order valence-corrected chi connectivity index (χ0v) is 8.09. The van der Waals surface area contributed by atoms with Crippen LogP contribution in [0.25, 0.3) is 0 Å². The molecule has 4 heteroatoms. The third-order valence-electron chi connectivity index (χ3n) is 1.06. The Morgan fingerprint density at radius 3 is 2.50 bits per heavy atom. The molecule has 0 aromatic carbocycles. The van der Waals surface area contributed by atoms with Gasteiger partial charge in [-0.25, -0.2) is 4.98 Å². The first-order valence-electron chi connectivity index (χ1n) is 3.69. The van der Waals surface area contributed by atoms with Gasteiger partial charge in [-0.3, -0.25) is 0 Å². The van der Waals surface area contributed by atoms with Gasteiger partial charge in [-0.15, -0.1) is 4.91 Å². The number of hydrogen-bond acceptors (Lipinski definition) is 3. The Morgan fingerprint density at radius 1 is 1.50 bits per heavy atom. The second kappa shape index (κ2) is 5.66. The van der Waals surface area contributed by atoms with Gasteiger partial charge >= 0.3 is 0 Å². The maximum atomic E-state index is 10.0. The lowest BCUT2D eigenvalue weighted by Crippen LogP contribution is -1.77. The van der Waals surface area contributed by atoms with Gasteiger partial charge in [0.25, 0.3) is 0 Å². The van der Waals surface area contributed by atoms with Crippen LogP contribution < -0.4 is 0 Å². The molecule has 0 N–H and O–H groups in total. The molecule has 0 saturated heterocycles. The molecule has 1 aromatic heterocycles. The summed E-state index contributed by atoms with van der Waals surface area (Å²) >= 11 is 5.49. The molecule has 0 spiro atoms. The van der Waals surface area contributed by atoms with Crippen LogP contribution in [0.2, 0.25) is 5.15 Å². The van der Waals surface area contributed by atoms with Crippen molar-refractivity contribution in [1.29, 1.82) is 0 Å². The number of nitroso groups, excluding NO2 is 1. The minimum Gasteiger partial charge on any atom is -0.242 e. The molecule has 1 rings (SSSR count). The lowest BCUT2D eigenvalue weighted by atomic mass is 10.3. The molecule has 0 aliphatic rings. The highest BCUT2D eigenvalue weighted by Gasteiger charge is 1.99. The molecule has 66 valence electrons. The number of pyridine rings is 1. The second-order valence-corrected chi connectivity index (χ2v) is 2.27. The van der Waals surface area contributed by atoms with Crippen molar-refractivity contribution in [2.24, 2.45) is 5.18 Å². The molecule has 1 heterocycles. The predicted molar refractivity (Wildman–Crippen MR) is 50.8 cm³/mol. The standard InChI is InChI=1S/C6H5ClN2O.C2H6/c1-4-2-5(9-10)6(7)8-3-4;1-2/h2-3H,1H3;1-2H3. The number of rotatable bonds is 1. The number of halogens is 1. The quantitative estimate of drug-likeness (QED) is 0.498. The Bertz CT molecular complexity index is 263. The minimum atomic E-state index is 0.153. The summed E-state index contributed by atoms with van der Waals surface area (Å²) in [6.07, 6.45) is 1.58. The number of nitrogens with zero attached hydrogens (tertiary/aromatic N) is 2. The van der Waals surface area contributed by atoms with E-state index in [4.69, 9.17) is 11.6 Å². The van der Waals surface area contributed by atoms with E-state index in [2.05, 4.69) is 10.2 Å². The molecule has 0 fully saturated rings. The zero-order chi connectivity index (χ0) is 9.56. The summed E-state index contributed by atoms with van der Waals surface area (Å²) in [5, 5.41) is 2.84. The van der Waals surface area contributed by atoms with Crippen molar-refractivity contribution >= 4 is 17.3 Å². The molecule has 0 aliphatic carbocycles. The van der Waals surface area contributed by atoms with Gasteiger partial charge in [0.15, 0.2) is 5.15 Å². The van der Waals surface area contributed by atoms with Crippen molar-refractivity contribution in [3.05, 3.63) is 27.9 Å². The Balaban J connectivity index is 0.000000561. The van der Waals surface area contributed by atoms with E-state index in [0.717, 1.165) is 5.56 Å². The van der Waals surface area contributed by atoms with E-state index in [-0.39, 0.29) is 10.8 Å². The first kappa shape index (κ1) is 11.0. The summed E-state index contributed by atoms with van der Waals surface area (Å²) in [4.78, 5) is 13.7. The zero-order valence-electron chi connectivity index (χ0n) is 7.34. The van der Waals surface area contributed by atoms with Gasteiger partial charge in [0.05, 0.1) is 0 Å². The highest BCUT2D eigenvalue weighted by atomic mass is 35.5. The summed E-state index contributed by atoms with van der Waals surface area (Å²) in [5.74, 6) is 0. The Morgan fingerprint density at radius 2 is 2.08 bits per heavy atom. The molecule has 0 atom stereocenters. The average Bonchev–Trinajstić information content (AvgIpc) is 2.13. The normalized spacial score (nSPS) is 8.33. The molecular weight excluding hydrogens is 176 g/mol. The molecule has 3 nitrogen and oxygen atoms in total. The Hall–Kier alpha value is -0.960. The van der Waals surface area contributed by atoms with Crippen LogP contribution in [0.4, 0.5) is 5.69 Å². The van der Waals surface area contributed by atoms with Crippen LogP contribution in [-0.4, -0.2) is 4.98 Å². The van der Waals surface area contributed by atoms with Crippen molar-refractivity contribution in [3.63, 3.8) is 0 Å². The van der Waals surface area contributed by atoms with E-state index < -0.39 is 0 Å². The maximum absolute atomic E-state index is 10.0. The number of hydrogen-bond donors (Lipinski definition) is 0. The molecule has 12 heavy (non-hydrogen) atoms. The first-order chi connectivity index (χ1) is 5.74. The fraction of sp³-hybridized carbons (Fsp3) is 0.375. The number of aryl methyl sites for hydroxylation is 1. The summed E-state index contributed by atoms with van der Waals surface area (Å²) < 4.78 is 0. The van der Waals surface area contributed by atoms with Gasteiger partial charge in [0, 0.05) is 6.20 Å². The lowest BCUT2D eigenvalue weighted by Gasteiger charge is -1.93. The predicted octanol–water partition coefficient (Wildman–Crippen LogP) is 3.47. The lowest BCUT2D eigenvalue weighted by molar-refractivity contribution is 1.25. The Kier molecular flexibility index (Phi) is 5.21. The molecule has 0 amide bonds. The van der Waals surface area contributed by atoms with Gasteiger partial charge < -0.3 is 0 Å². The van der Waals surface area contributed by atoms with Gasteiger partial charge in [0.1, 0.15) is 5.69 Å². The minimum absolute atomic E-state index is 0.153. The molecule has 0 radical (unpaired) electrons. The average molecular weight is 187 g/mol. The van der Waals surface area contributed by atoms with Crippen molar-refractivity contribution in [2.75, 3.05) is 0 Å². The van der Waals surface area contributed by atoms with E-state index in [1.807, 2.05) is 20.8 Å². The van der Waals surface area contributed by atoms with E-state index in [9.17, 15) is 4.91 Å². The summed E-state index contributed by atoms with van der Waals surface area (Å²) in [6.45, 7) is 5.82. The van der Waals surface area contributed by atoms with Gasteiger partial charge in [-0.2, -0.15) is 0 Å². The van der Waals surface area contributed by atoms with Crippen LogP contribution in [0.3, 0.4) is 0 Å². The molecule has 0 saturated carbocycles. The van der Waals surface area contributed by atoms with Crippen LogP contribution >= 0.6 is 11.6 Å². The van der Waals surface area contributed by atoms with Crippen molar-refractivity contribution in [3.8, 4) is 0 Å². The number of aromatic nitrogens is 1. The third kappa shape index (κ3) is 2.96. The Labute approximate surface area is 76.7 Å². The summed E-state index contributed by atoms with van der Waals surface area (Å²) in [7, 11) is 0. The second-order valence-electron chi connectivity index (χ2n) is 1.91. The first-order valence-corrected chi connectivity index (χ1v) is 4.07. The van der Waals surface area contributed by atoms with Crippen LogP contribution in [0, 0.1) is 11.8 Å². The molecular formula is C8H11ClN2O. The van der Waals surface area contributed by atoms with Crippen molar-refractivity contribution in [2.45, 2.75) is 20.8 Å². The van der Waals surface area contributed by atoms with Gasteiger partial charge in [-0.1, -0.05) is 25.4 Å². The molecule has 0 aliphatic heterocycles. The highest BCUT2D eigenvalue weighted by Crippen LogP contribution is 2.21. The molecule has 0 bridgehead atoms. The van der Waals surface area contributed by atoms with E-state index in [1.54, 1.807) is 12.3 Å². The largest absolute Gasteiger partial charge is 0.242 e. The van der Waals surface area contributed by atoms with Gasteiger partial charge in [0.2, 0.25) is 0 Å². The van der Waals surface area contributed by atoms with Crippen LogP contribution in [0.5, 0.6) is 0 Å². The van der Waals surface area contributed by atoms with Crippen LogP contribution in [0.1, 0.15) is 19.4 Å². The van der Waals surface area contributed by atoms with E-state index in [0.29, 0.717) is 0 Å². The maximum Gasteiger partial charge on any atom is 0.158 e. The van der Waals surface area contributed by atoms with E-state index in [1.165, 1.54) is 0 Å².